The highest BCUT2D eigenvalue weighted by atomic mass is 32.2. The van der Waals surface area contributed by atoms with Crippen LogP contribution in [0.25, 0.3) is 0 Å². The van der Waals surface area contributed by atoms with Gasteiger partial charge in [0.2, 0.25) is 10.0 Å². The lowest BCUT2D eigenvalue weighted by Crippen LogP contribution is -2.35. The summed E-state index contributed by atoms with van der Waals surface area (Å²) in [4.78, 5) is 25.3. The molecule has 2 aromatic heterocycles. The van der Waals surface area contributed by atoms with E-state index in [-0.39, 0.29) is 36.0 Å². The summed E-state index contributed by atoms with van der Waals surface area (Å²) in [6, 6.07) is 13.0. The predicted octanol–water partition coefficient (Wildman–Crippen LogP) is 1.72. The molecule has 30 heavy (non-hydrogen) atoms. The lowest BCUT2D eigenvalue weighted by atomic mass is 10.2. The molecule has 158 valence electrons. The maximum Gasteiger partial charge on any atom is 0.267 e. The van der Waals surface area contributed by atoms with Crippen LogP contribution >= 0.6 is 11.3 Å². The summed E-state index contributed by atoms with van der Waals surface area (Å²) in [6.45, 7) is 0.649. The van der Waals surface area contributed by atoms with Crippen LogP contribution in [0.5, 0.6) is 0 Å². The van der Waals surface area contributed by atoms with Gasteiger partial charge in [0.05, 0.1) is 4.90 Å². The summed E-state index contributed by atoms with van der Waals surface area (Å²) in [5.41, 5.74) is 0.747. The van der Waals surface area contributed by atoms with E-state index in [0.717, 1.165) is 4.88 Å². The largest absolute Gasteiger partial charge is 0.350 e. The van der Waals surface area contributed by atoms with Crippen LogP contribution < -0.4 is 15.4 Å². The number of hydrogen-bond acceptors (Lipinski definition) is 5. The third-order valence-electron chi connectivity index (χ3n) is 4.30. The maximum absolute atomic E-state index is 12.5. The molecule has 0 unspecified atom stereocenters. The van der Waals surface area contributed by atoms with E-state index in [9.17, 15) is 18.0 Å². The Kier molecular flexibility index (Phi) is 7.03. The van der Waals surface area contributed by atoms with Crippen LogP contribution in [0, 0.1) is 0 Å². The number of rotatable bonds is 9. The van der Waals surface area contributed by atoms with E-state index in [0.29, 0.717) is 5.69 Å². The van der Waals surface area contributed by atoms with Gasteiger partial charge in [-0.1, -0.05) is 12.1 Å². The Morgan fingerprint density at radius 1 is 1.00 bits per heavy atom. The quantitative estimate of drug-likeness (QED) is 0.435. The van der Waals surface area contributed by atoms with Crippen molar-refractivity contribution in [3.8, 4) is 0 Å². The maximum atomic E-state index is 12.5. The molecule has 0 bridgehead atoms. The number of amides is 2. The molecule has 0 saturated carbocycles. The molecule has 10 heteroatoms. The lowest BCUT2D eigenvalue weighted by Gasteiger charge is -2.09. The van der Waals surface area contributed by atoms with Crippen molar-refractivity contribution in [3.63, 3.8) is 0 Å². The Morgan fingerprint density at radius 3 is 2.43 bits per heavy atom. The summed E-state index contributed by atoms with van der Waals surface area (Å²) in [5, 5.41) is 7.26. The number of thiophene rings is 1. The molecule has 0 aliphatic heterocycles. The van der Waals surface area contributed by atoms with Crippen LogP contribution in [-0.2, 0) is 23.6 Å². The van der Waals surface area contributed by atoms with Gasteiger partial charge in [-0.3, -0.25) is 9.59 Å². The second kappa shape index (κ2) is 9.70. The zero-order valence-corrected chi connectivity index (χ0v) is 17.9. The lowest BCUT2D eigenvalue weighted by molar-refractivity contribution is 0.0923. The highest BCUT2D eigenvalue weighted by Gasteiger charge is 2.16. The van der Waals surface area contributed by atoms with E-state index in [2.05, 4.69) is 15.4 Å². The summed E-state index contributed by atoms with van der Waals surface area (Å²) < 4.78 is 29.2. The number of aromatic nitrogens is 1. The minimum Gasteiger partial charge on any atom is -0.350 e. The first-order valence-corrected chi connectivity index (χ1v) is 11.5. The van der Waals surface area contributed by atoms with Crippen molar-refractivity contribution in [2.24, 2.45) is 7.05 Å². The minimum atomic E-state index is -3.74. The van der Waals surface area contributed by atoms with E-state index in [1.54, 1.807) is 29.9 Å². The number of benzene rings is 1. The van der Waals surface area contributed by atoms with Crippen LogP contribution in [-0.4, -0.2) is 37.9 Å². The normalized spacial score (nSPS) is 11.2. The zero-order valence-electron chi connectivity index (χ0n) is 16.3. The van der Waals surface area contributed by atoms with Gasteiger partial charge < -0.3 is 15.2 Å². The molecule has 0 radical (unpaired) electrons. The molecule has 0 spiro atoms. The number of hydrogen-bond donors (Lipinski definition) is 3. The van der Waals surface area contributed by atoms with Crippen LogP contribution in [0.1, 0.15) is 25.7 Å². The summed E-state index contributed by atoms with van der Waals surface area (Å²) in [5.74, 6) is -0.653. The molecule has 1 aromatic carbocycles. The van der Waals surface area contributed by atoms with E-state index in [1.807, 2.05) is 17.5 Å². The predicted molar refractivity (Wildman–Crippen MR) is 115 cm³/mol. The van der Waals surface area contributed by atoms with Crippen molar-refractivity contribution < 1.29 is 18.0 Å². The second-order valence-electron chi connectivity index (χ2n) is 6.45. The average molecular weight is 447 g/mol. The zero-order chi connectivity index (χ0) is 21.6. The van der Waals surface area contributed by atoms with Crippen molar-refractivity contribution in [3.05, 3.63) is 76.2 Å². The van der Waals surface area contributed by atoms with Crippen LogP contribution in [0.4, 0.5) is 0 Å². The van der Waals surface area contributed by atoms with Gasteiger partial charge in [-0.2, -0.15) is 0 Å². The van der Waals surface area contributed by atoms with Crippen molar-refractivity contribution in [1.29, 1.82) is 0 Å². The molecule has 8 nitrogen and oxygen atoms in total. The van der Waals surface area contributed by atoms with Crippen LogP contribution in [0.15, 0.2) is 65.0 Å². The Bertz CT molecular complexity index is 1120. The van der Waals surface area contributed by atoms with Gasteiger partial charge in [0.1, 0.15) is 5.69 Å². The third-order valence-corrected chi connectivity index (χ3v) is 6.57. The van der Waals surface area contributed by atoms with Crippen molar-refractivity contribution >= 4 is 33.2 Å². The molecule has 0 aliphatic rings. The van der Waals surface area contributed by atoms with Gasteiger partial charge >= 0.3 is 0 Å². The first kappa shape index (κ1) is 21.8. The summed E-state index contributed by atoms with van der Waals surface area (Å²) >= 11 is 1.46. The molecule has 0 atom stereocenters. The molecule has 0 saturated heterocycles. The molecular weight excluding hydrogens is 424 g/mol. The van der Waals surface area contributed by atoms with E-state index in [4.69, 9.17) is 0 Å². The van der Waals surface area contributed by atoms with Crippen molar-refractivity contribution in [2.75, 3.05) is 13.1 Å². The molecule has 3 N–H and O–H groups in total. The van der Waals surface area contributed by atoms with Gasteiger partial charge in [-0.25, -0.2) is 13.1 Å². The van der Waals surface area contributed by atoms with E-state index in [1.165, 1.54) is 35.6 Å². The average Bonchev–Trinajstić information content (AvgIpc) is 3.41. The van der Waals surface area contributed by atoms with Gasteiger partial charge in [-0.05, 0) is 41.8 Å². The van der Waals surface area contributed by atoms with Gasteiger partial charge in [0.25, 0.3) is 11.8 Å². The Morgan fingerprint density at radius 2 is 1.77 bits per heavy atom. The fraction of sp³-hybridized carbons (Fsp3) is 0.200. The number of aryl methyl sites for hydroxylation is 1. The number of sulfonamides is 1. The fourth-order valence-corrected chi connectivity index (χ4v) is 4.50. The number of carbonyl (C=O) groups is 2. The topological polar surface area (TPSA) is 109 Å². The number of nitrogens with one attached hydrogen (secondary N) is 3. The third kappa shape index (κ3) is 5.56. The smallest absolute Gasteiger partial charge is 0.267 e. The molecule has 2 heterocycles. The van der Waals surface area contributed by atoms with Crippen LogP contribution in [0.2, 0.25) is 0 Å². The Labute approximate surface area is 179 Å². The Balaban J connectivity index is 1.52. The molecule has 0 aliphatic carbocycles. The molecule has 3 aromatic rings. The standard InChI is InChI=1S/C20H22N4O4S2/c1-24-11-3-8-18(24)20(26)22-10-9-21-19(25)15-5-2-7-17(13-15)30(27,28)23-14-16-6-4-12-29-16/h2-8,11-13,23H,9-10,14H2,1H3,(H,21,25)(H,22,26). The Hall–Kier alpha value is -2.95. The highest BCUT2D eigenvalue weighted by Crippen LogP contribution is 2.14. The minimum absolute atomic E-state index is 0.0173. The fourth-order valence-electron chi connectivity index (χ4n) is 2.71. The first-order chi connectivity index (χ1) is 14.4. The van der Waals surface area contributed by atoms with Crippen molar-refractivity contribution in [1.82, 2.24) is 19.9 Å². The van der Waals surface area contributed by atoms with Gasteiger partial charge in [0.15, 0.2) is 0 Å². The monoisotopic (exact) mass is 446 g/mol. The number of carbonyl (C=O) groups excluding carboxylic acids is 2. The van der Waals surface area contributed by atoms with E-state index >= 15 is 0 Å². The summed E-state index contributed by atoms with van der Waals surface area (Å²) in [6.07, 6.45) is 1.77. The van der Waals surface area contributed by atoms with E-state index < -0.39 is 15.9 Å². The second-order valence-corrected chi connectivity index (χ2v) is 9.25. The van der Waals surface area contributed by atoms with Gasteiger partial charge in [-0.15, -0.1) is 11.3 Å². The molecule has 2 amide bonds. The molecule has 0 fully saturated rings. The van der Waals surface area contributed by atoms with Crippen molar-refractivity contribution in [2.45, 2.75) is 11.4 Å². The molecule has 3 rings (SSSR count). The molecular formula is C20H22N4O4S2. The van der Waals surface area contributed by atoms with Gasteiger partial charge in [0, 0.05) is 43.3 Å². The first-order valence-electron chi connectivity index (χ1n) is 9.16. The SMILES string of the molecule is Cn1cccc1C(=O)NCCNC(=O)c1cccc(S(=O)(=O)NCc2cccs2)c1. The summed E-state index contributed by atoms with van der Waals surface area (Å²) in [7, 11) is -1.97. The van der Waals surface area contributed by atoms with Crippen LogP contribution in [0.3, 0.4) is 0 Å². The number of nitrogens with zero attached hydrogens (tertiary/aromatic N) is 1. The highest BCUT2D eigenvalue weighted by molar-refractivity contribution is 7.89.